The van der Waals surface area contributed by atoms with Crippen LogP contribution in [-0.4, -0.2) is 54.9 Å². The van der Waals surface area contributed by atoms with Crippen molar-refractivity contribution >= 4 is 49.1 Å². The third-order valence-corrected chi connectivity index (χ3v) is 13.5. The summed E-state index contributed by atoms with van der Waals surface area (Å²) in [5, 5.41) is 13.6. The van der Waals surface area contributed by atoms with Crippen molar-refractivity contribution < 1.29 is 28.3 Å². The summed E-state index contributed by atoms with van der Waals surface area (Å²) in [4.78, 5) is 44.8. The van der Waals surface area contributed by atoms with Crippen LogP contribution in [0.25, 0.3) is 0 Å². The first-order chi connectivity index (χ1) is 24.4. The van der Waals surface area contributed by atoms with Gasteiger partial charge >= 0.3 is 0 Å². The zero-order valence-corrected chi connectivity index (χ0v) is 30.6. The Labute approximate surface area is 303 Å². The van der Waals surface area contributed by atoms with Crippen molar-refractivity contribution in [3.63, 3.8) is 0 Å². The Morgan fingerprint density at radius 3 is 2.37 bits per heavy atom. The van der Waals surface area contributed by atoms with Gasteiger partial charge in [0.15, 0.2) is 5.60 Å². The molecule has 264 valence electrons. The number of benzene rings is 4. The van der Waals surface area contributed by atoms with Crippen LogP contribution in [0, 0.1) is 5.92 Å². The lowest BCUT2D eigenvalue weighted by molar-refractivity contribution is -0.151. The fourth-order valence-electron chi connectivity index (χ4n) is 8.38. The van der Waals surface area contributed by atoms with Crippen molar-refractivity contribution in [2.75, 3.05) is 16.8 Å². The first kappa shape index (κ1) is 35.1. The molecule has 1 fully saturated rings. The van der Waals surface area contributed by atoms with Crippen LogP contribution >= 0.6 is 11.6 Å². The zero-order chi connectivity index (χ0) is 36.1. The quantitative estimate of drug-likeness (QED) is 0.147. The lowest BCUT2D eigenvalue weighted by Crippen LogP contribution is -2.48. The number of aliphatic hydroxyl groups is 1. The number of hydrogen-bond donors (Lipinski definition) is 2. The molecule has 1 spiro atoms. The molecule has 0 unspecified atom stereocenters. The number of ether oxygens (including phenoxy) is 1. The fraction of sp³-hybridized carbons (Fsp3) is 0.325. The van der Waals surface area contributed by atoms with Crippen molar-refractivity contribution in [1.82, 2.24) is 4.90 Å². The number of rotatable bonds is 8. The van der Waals surface area contributed by atoms with Crippen LogP contribution in [0.3, 0.4) is 0 Å². The van der Waals surface area contributed by atoms with Crippen LogP contribution in [0.4, 0.5) is 15.5 Å². The largest absolute Gasteiger partial charge is 0.394 e. The Balaban J connectivity index is 1.16. The van der Waals surface area contributed by atoms with E-state index in [0.29, 0.717) is 40.5 Å². The summed E-state index contributed by atoms with van der Waals surface area (Å²) in [6.07, 6.45) is -0.454. The Morgan fingerprint density at radius 2 is 1.69 bits per heavy atom. The molecule has 3 heterocycles. The molecule has 0 aliphatic carbocycles. The van der Waals surface area contributed by atoms with Crippen LogP contribution in [0.15, 0.2) is 97.1 Å². The van der Waals surface area contributed by atoms with Gasteiger partial charge < -0.3 is 29.1 Å². The lowest BCUT2D eigenvalue weighted by atomic mass is 9.82. The van der Waals surface area contributed by atoms with Crippen LogP contribution in [-0.2, 0) is 39.4 Å². The molecular formula is C40H41ClFN3O5Si. The number of amides is 3. The van der Waals surface area contributed by atoms with Gasteiger partial charge in [-0.1, -0.05) is 73.1 Å². The van der Waals surface area contributed by atoms with Gasteiger partial charge in [-0.3, -0.25) is 14.4 Å². The maximum absolute atomic E-state index is 16.4. The molecule has 1 saturated heterocycles. The number of aliphatic hydroxyl groups excluding tert-OH is 1. The Hall–Kier alpha value is -4.35. The van der Waals surface area contributed by atoms with Gasteiger partial charge in [-0.2, -0.15) is 0 Å². The second kappa shape index (κ2) is 13.6. The van der Waals surface area contributed by atoms with Crippen molar-refractivity contribution in [2.24, 2.45) is 5.92 Å². The van der Waals surface area contributed by atoms with Crippen LogP contribution in [0.1, 0.15) is 46.0 Å². The van der Waals surface area contributed by atoms with E-state index in [-0.39, 0.29) is 37.3 Å². The number of nitrogens with zero attached hydrogens (tertiary/aromatic N) is 2. The van der Waals surface area contributed by atoms with E-state index in [9.17, 15) is 19.5 Å². The molecule has 8 nitrogen and oxygen atoms in total. The highest BCUT2D eigenvalue weighted by Gasteiger charge is 2.67. The van der Waals surface area contributed by atoms with Gasteiger partial charge in [0.25, 0.3) is 11.8 Å². The highest BCUT2D eigenvalue weighted by molar-refractivity contribution is 6.72. The number of fused-ring (bicyclic) bond motifs is 3. The molecule has 0 radical (unpaired) electrons. The van der Waals surface area contributed by atoms with E-state index in [1.165, 1.54) is 0 Å². The van der Waals surface area contributed by atoms with Crippen molar-refractivity contribution in [3.8, 4) is 0 Å². The molecule has 0 aromatic heterocycles. The minimum absolute atomic E-state index is 0.116. The van der Waals surface area contributed by atoms with Gasteiger partial charge in [0.2, 0.25) is 14.3 Å². The number of halogens is 2. The molecule has 0 saturated carbocycles. The number of hydrogen-bond acceptors (Lipinski definition) is 5. The summed E-state index contributed by atoms with van der Waals surface area (Å²) >= 11 is 6.54. The van der Waals surface area contributed by atoms with E-state index < -0.39 is 37.6 Å². The summed E-state index contributed by atoms with van der Waals surface area (Å²) in [5.41, 5.74) is 3.06. The van der Waals surface area contributed by atoms with Crippen molar-refractivity contribution in [2.45, 2.75) is 69.2 Å². The average Bonchev–Trinajstić information content (AvgIpc) is 3.54. The summed E-state index contributed by atoms with van der Waals surface area (Å²) in [7, 11) is -3.53. The maximum Gasteiger partial charge on any atom is 0.264 e. The first-order valence-corrected chi connectivity index (χ1v) is 20.6. The van der Waals surface area contributed by atoms with E-state index in [1.54, 1.807) is 77.5 Å². The molecule has 51 heavy (non-hydrogen) atoms. The maximum atomic E-state index is 16.4. The van der Waals surface area contributed by atoms with Gasteiger partial charge in [-0.25, -0.2) is 0 Å². The third kappa shape index (κ3) is 6.39. The summed E-state index contributed by atoms with van der Waals surface area (Å²) < 4.78 is 23.3. The predicted molar refractivity (Wildman–Crippen MR) is 198 cm³/mol. The van der Waals surface area contributed by atoms with Gasteiger partial charge in [-0.05, 0) is 78.7 Å². The SMILES string of the molecule is C[C@@H]1[C@@H]([Si](C)(C)F)[C@H](CC(=O)N2Cc3ccccc3C[C@H]2CO)O[C@@]12C(=O)N(Cc1ccc(NC(=O)c3ccccc3)cc1)c1ccc(Cl)cc12. The average molecular weight is 726 g/mol. The van der Waals surface area contributed by atoms with E-state index in [0.717, 1.165) is 16.7 Å². The van der Waals surface area contributed by atoms with Gasteiger partial charge in [0, 0.05) is 39.8 Å². The monoisotopic (exact) mass is 725 g/mol. The molecular weight excluding hydrogens is 685 g/mol. The number of carbonyl (C=O) groups is 3. The minimum atomic E-state index is -3.53. The Bertz CT molecular complexity index is 1970. The normalized spacial score (nSPS) is 24.1. The van der Waals surface area contributed by atoms with E-state index in [2.05, 4.69) is 5.32 Å². The van der Waals surface area contributed by atoms with Crippen LogP contribution < -0.4 is 10.2 Å². The van der Waals surface area contributed by atoms with E-state index in [4.69, 9.17) is 16.3 Å². The van der Waals surface area contributed by atoms with Crippen molar-refractivity contribution in [1.29, 1.82) is 0 Å². The standard InChI is InChI=1S/C40H41ClFN3O5Si/c1-25-37(51(2,3)42)35(21-36(47)44-23-29-12-8-7-11-28(29)19-32(44)24-46)50-40(25)33-20-30(41)15-18-34(33)45(39(40)49)22-26-13-16-31(17-14-26)43-38(48)27-9-5-4-6-10-27/h4-18,20,25,32,35,37,46H,19,21-24H2,1-3H3,(H,43,48)/t25-,32+,35+,37-,40+/m1/s1. The second-order valence-corrected chi connectivity index (χ2v) is 18.6. The van der Waals surface area contributed by atoms with Crippen LogP contribution in [0.2, 0.25) is 23.7 Å². The number of carbonyl (C=O) groups excluding carboxylic acids is 3. The molecule has 2 N–H and O–H groups in total. The molecule has 3 aliphatic heterocycles. The topological polar surface area (TPSA) is 99.2 Å². The van der Waals surface area contributed by atoms with Gasteiger partial charge in [0.1, 0.15) is 0 Å². The molecule has 4 aromatic carbocycles. The highest BCUT2D eigenvalue weighted by Crippen LogP contribution is 2.60. The van der Waals surface area contributed by atoms with Crippen LogP contribution in [0.5, 0.6) is 0 Å². The Morgan fingerprint density at radius 1 is 1.00 bits per heavy atom. The molecule has 4 aromatic rings. The molecule has 11 heteroatoms. The highest BCUT2D eigenvalue weighted by atomic mass is 35.5. The van der Waals surface area contributed by atoms with Gasteiger partial charge in [0.05, 0.1) is 37.4 Å². The first-order valence-electron chi connectivity index (χ1n) is 17.3. The predicted octanol–water partition coefficient (Wildman–Crippen LogP) is 7.25. The molecule has 5 atom stereocenters. The second-order valence-electron chi connectivity index (χ2n) is 14.4. The molecule has 3 amide bonds. The van der Waals surface area contributed by atoms with E-state index in [1.807, 2.05) is 49.4 Å². The summed E-state index contributed by atoms with van der Waals surface area (Å²) in [5.74, 6) is -1.39. The summed E-state index contributed by atoms with van der Waals surface area (Å²) in [6.45, 7) is 5.42. The number of anilines is 2. The smallest absolute Gasteiger partial charge is 0.264 e. The molecule has 3 aliphatic rings. The van der Waals surface area contributed by atoms with Gasteiger partial charge in [-0.15, -0.1) is 0 Å². The van der Waals surface area contributed by atoms with E-state index >= 15 is 4.11 Å². The molecule has 7 rings (SSSR count). The summed E-state index contributed by atoms with van der Waals surface area (Å²) in [6, 6.07) is 28.9. The number of nitrogens with one attached hydrogen (secondary N) is 1. The fourth-order valence-corrected chi connectivity index (χ4v) is 11.0. The lowest BCUT2D eigenvalue weighted by Gasteiger charge is -2.37. The zero-order valence-electron chi connectivity index (χ0n) is 28.8. The van der Waals surface area contributed by atoms with Crippen molar-refractivity contribution in [3.05, 3.63) is 130 Å². The Kier molecular flexibility index (Phi) is 9.39. The third-order valence-electron chi connectivity index (χ3n) is 10.8. The minimum Gasteiger partial charge on any atom is -0.394 e. The molecule has 0 bridgehead atoms.